The van der Waals surface area contributed by atoms with Crippen LogP contribution in [0.4, 0.5) is 5.69 Å². The number of hydrogen-bond acceptors (Lipinski definition) is 4. The number of methoxy groups -OCH3 is 1. The van der Waals surface area contributed by atoms with Gasteiger partial charge in [-0.25, -0.2) is 0 Å². The first-order valence-corrected chi connectivity index (χ1v) is 8.65. The van der Waals surface area contributed by atoms with Crippen molar-refractivity contribution < 1.29 is 19.0 Å². The quantitative estimate of drug-likeness (QED) is 0.737. The molecule has 0 atom stereocenters. The summed E-state index contributed by atoms with van der Waals surface area (Å²) in [4.78, 5) is 12.6. The molecule has 0 unspecified atom stereocenters. The maximum absolute atomic E-state index is 12.6. The minimum atomic E-state index is -0.205. The van der Waals surface area contributed by atoms with Gasteiger partial charge in [0, 0.05) is 23.2 Å². The Morgan fingerprint density at radius 3 is 2.63 bits per heavy atom. The number of fused-ring (bicyclic) bond motifs is 1. The first kappa shape index (κ1) is 17.0. The molecule has 4 rings (SSSR count). The number of carbonyl (C=O) groups is 1. The van der Waals surface area contributed by atoms with E-state index in [1.54, 1.807) is 25.3 Å². The van der Waals surface area contributed by atoms with Crippen LogP contribution in [0.2, 0.25) is 0 Å². The van der Waals surface area contributed by atoms with Gasteiger partial charge in [-0.05, 0) is 42.0 Å². The van der Waals surface area contributed by atoms with E-state index in [0.717, 1.165) is 17.7 Å². The summed E-state index contributed by atoms with van der Waals surface area (Å²) >= 11 is 0. The van der Waals surface area contributed by atoms with Crippen LogP contribution in [0.25, 0.3) is 0 Å². The third kappa shape index (κ3) is 3.72. The molecule has 0 radical (unpaired) electrons. The van der Waals surface area contributed by atoms with Gasteiger partial charge in [-0.3, -0.25) is 4.79 Å². The molecule has 136 valence electrons. The van der Waals surface area contributed by atoms with Crippen LogP contribution in [-0.4, -0.2) is 19.8 Å². The van der Waals surface area contributed by atoms with Crippen LogP contribution in [0.3, 0.4) is 0 Å². The molecular weight excluding hydrogens is 342 g/mol. The first-order chi connectivity index (χ1) is 13.2. The van der Waals surface area contributed by atoms with Gasteiger partial charge >= 0.3 is 0 Å². The van der Waals surface area contributed by atoms with Gasteiger partial charge in [0.2, 0.25) is 6.79 Å². The Morgan fingerprint density at radius 1 is 1.00 bits per heavy atom. The number of carbonyl (C=O) groups excluding carboxylic acids is 1. The molecule has 0 bridgehead atoms. The number of amides is 1. The van der Waals surface area contributed by atoms with Crippen molar-refractivity contribution in [1.29, 1.82) is 0 Å². The lowest BCUT2D eigenvalue weighted by atomic mass is 10.0. The number of rotatable bonds is 5. The zero-order valence-electron chi connectivity index (χ0n) is 14.9. The third-order valence-electron chi connectivity index (χ3n) is 4.41. The molecule has 1 aliphatic heterocycles. The van der Waals surface area contributed by atoms with Crippen molar-refractivity contribution in [3.8, 4) is 17.2 Å². The lowest BCUT2D eigenvalue weighted by Crippen LogP contribution is -2.12. The fourth-order valence-electron chi connectivity index (χ4n) is 3.05. The van der Waals surface area contributed by atoms with E-state index in [2.05, 4.69) is 17.4 Å². The normalized spacial score (nSPS) is 11.9. The Kier molecular flexibility index (Phi) is 4.66. The Balaban J connectivity index is 1.55. The van der Waals surface area contributed by atoms with Crippen LogP contribution in [0, 0.1) is 0 Å². The average molecular weight is 361 g/mol. The van der Waals surface area contributed by atoms with E-state index in [4.69, 9.17) is 14.2 Å². The van der Waals surface area contributed by atoms with Gasteiger partial charge in [0.1, 0.15) is 5.75 Å². The molecule has 5 nitrogen and oxygen atoms in total. The van der Waals surface area contributed by atoms with Crippen molar-refractivity contribution in [2.75, 3.05) is 19.2 Å². The lowest BCUT2D eigenvalue weighted by molar-refractivity contribution is 0.102. The van der Waals surface area contributed by atoms with Crippen molar-refractivity contribution in [2.24, 2.45) is 0 Å². The number of hydrogen-bond donors (Lipinski definition) is 1. The zero-order valence-corrected chi connectivity index (χ0v) is 14.9. The molecule has 3 aromatic rings. The summed E-state index contributed by atoms with van der Waals surface area (Å²) in [6.45, 7) is 0.182. The van der Waals surface area contributed by atoms with Crippen LogP contribution in [0.15, 0.2) is 66.7 Å². The van der Waals surface area contributed by atoms with E-state index in [9.17, 15) is 4.79 Å². The van der Waals surface area contributed by atoms with E-state index >= 15 is 0 Å². The first-order valence-electron chi connectivity index (χ1n) is 8.65. The molecule has 1 aliphatic rings. The summed E-state index contributed by atoms with van der Waals surface area (Å²) in [5.74, 6) is 1.83. The molecule has 0 fully saturated rings. The largest absolute Gasteiger partial charge is 0.496 e. The minimum Gasteiger partial charge on any atom is -0.496 e. The highest BCUT2D eigenvalue weighted by Crippen LogP contribution is 2.33. The van der Waals surface area contributed by atoms with Gasteiger partial charge in [-0.15, -0.1) is 0 Å². The van der Waals surface area contributed by atoms with Crippen LogP contribution in [0.1, 0.15) is 21.5 Å². The van der Waals surface area contributed by atoms with E-state index in [1.165, 1.54) is 5.56 Å². The third-order valence-corrected chi connectivity index (χ3v) is 4.41. The summed E-state index contributed by atoms with van der Waals surface area (Å²) in [5, 5.41) is 2.94. The topological polar surface area (TPSA) is 56.8 Å². The van der Waals surface area contributed by atoms with E-state index in [-0.39, 0.29) is 12.7 Å². The molecule has 27 heavy (non-hydrogen) atoms. The predicted molar refractivity (Wildman–Crippen MR) is 103 cm³/mol. The van der Waals surface area contributed by atoms with E-state index in [1.807, 2.05) is 36.4 Å². The molecule has 1 N–H and O–H groups in total. The zero-order chi connectivity index (χ0) is 18.6. The van der Waals surface area contributed by atoms with E-state index in [0.29, 0.717) is 22.7 Å². The summed E-state index contributed by atoms with van der Waals surface area (Å²) in [6, 6.07) is 20.9. The monoisotopic (exact) mass is 361 g/mol. The highest BCUT2D eigenvalue weighted by atomic mass is 16.7. The van der Waals surface area contributed by atoms with Gasteiger partial charge < -0.3 is 19.5 Å². The highest BCUT2D eigenvalue weighted by Gasteiger charge is 2.16. The number of anilines is 1. The summed E-state index contributed by atoms with van der Waals surface area (Å²) in [5.41, 5.74) is 3.41. The number of nitrogens with one attached hydrogen (secondary N) is 1. The summed E-state index contributed by atoms with van der Waals surface area (Å²) < 4.78 is 16.1. The van der Waals surface area contributed by atoms with Crippen LogP contribution >= 0.6 is 0 Å². The van der Waals surface area contributed by atoms with E-state index < -0.39 is 0 Å². The average Bonchev–Trinajstić information content (AvgIpc) is 3.17. The highest BCUT2D eigenvalue weighted by molar-refractivity contribution is 6.04. The van der Waals surface area contributed by atoms with Crippen molar-refractivity contribution in [3.63, 3.8) is 0 Å². The van der Waals surface area contributed by atoms with Gasteiger partial charge in [0.05, 0.1) is 7.11 Å². The molecular formula is C22H19NO4. The molecule has 0 spiro atoms. The van der Waals surface area contributed by atoms with Crippen LogP contribution < -0.4 is 19.5 Å². The SMILES string of the molecule is COc1ccc(NC(=O)c2ccc3c(c2)OCO3)cc1Cc1ccccc1. The number of benzene rings is 3. The maximum Gasteiger partial charge on any atom is 0.255 e. The second-order valence-corrected chi connectivity index (χ2v) is 6.21. The molecule has 1 amide bonds. The van der Waals surface area contributed by atoms with Crippen molar-refractivity contribution >= 4 is 11.6 Å². The molecule has 0 aromatic heterocycles. The fourth-order valence-corrected chi connectivity index (χ4v) is 3.05. The molecule has 0 aliphatic carbocycles. The van der Waals surface area contributed by atoms with Crippen molar-refractivity contribution in [1.82, 2.24) is 0 Å². The minimum absolute atomic E-state index is 0.182. The van der Waals surface area contributed by atoms with Crippen molar-refractivity contribution in [2.45, 2.75) is 6.42 Å². The Hall–Kier alpha value is -3.47. The van der Waals surface area contributed by atoms with Gasteiger partial charge in [0.15, 0.2) is 11.5 Å². The standard InChI is InChI=1S/C22H19NO4/c1-25-19-10-8-18(12-17(19)11-15-5-3-2-4-6-15)23-22(24)16-7-9-20-21(13-16)27-14-26-20/h2-10,12-13H,11,14H2,1H3,(H,23,24). The van der Waals surface area contributed by atoms with Crippen LogP contribution in [0.5, 0.6) is 17.2 Å². The molecule has 0 saturated carbocycles. The predicted octanol–water partition coefficient (Wildman–Crippen LogP) is 4.27. The van der Waals surface area contributed by atoms with Crippen LogP contribution in [-0.2, 0) is 6.42 Å². The summed E-state index contributed by atoms with van der Waals surface area (Å²) in [7, 11) is 1.65. The Morgan fingerprint density at radius 2 is 1.81 bits per heavy atom. The number of ether oxygens (including phenoxy) is 3. The lowest BCUT2D eigenvalue weighted by Gasteiger charge is -2.12. The van der Waals surface area contributed by atoms with Gasteiger partial charge in [-0.1, -0.05) is 30.3 Å². The second-order valence-electron chi connectivity index (χ2n) is 6.21. The molecule has 0 saturated heterocycles. The fraction of sp³-hybridized carbons (Fsp3) is 0.136. The second kappa shape index (κ2) is 7.41. The molecule has 1 heterocycles. The molecule has 3 aromatic carbocycles. The van der Waals surface area contributed by atoms with Crippen molar-refractivity contribution in [3.05, 3.63) is 83.4 Å². The molecule has 5 heteroatoms. The summed E-state index contributed by atoms with van der Waals surface area (Å²) in [6.07, 6.45) is 0.720. The van der Waals surface area contributed by atoms with Gasteiger partial charge in [0.25, 0.3) is 5.91 Å². The van der Waals surface area contributed by atoms with Gasteiger partial charge in [-0.2, -0.15) is 0 Å². The maximum atomic E-state index is 12.6. The Bertz CT molecular complexity index is 969. The Labute approximate surface area is 157 Å². The smallest absolute Gasteiger partial charge is 0.255 e.